The summed E-state index contributed by atoms with van der Waals surface area (Å²) in [5, 5.41) is 4.05. The Morgan fingerprint density at radius 3 is 2.72 bits per heavy atom. The van der Waals surface area contributed by atoms with E-state index < -0.39 is 5.97 Å². The molecule has 1 N–H and O–H groups in total. The largest absolute Gasteiger partial charge is 0.465 e. The molecule has 3 heterocycles. The van der Waals surface area contributed by atoms with Crippen molar-refractivity contribution in [1.82, 2.24) is 15.2 Å². The Balaban J connectivity index is 1.71. The molecule has 8 heteroatoms. The molecule has 2 aromatic heterocycles. The highest BCUT2D eigenvalue weighted by atomic mass is 32.1. The number of methoxy groups -OCH3 is 2. The van der Waals surface area contributed by atoms with E-state index in [0.717, 1.165) is 17.9 Å². The molecule has 1 aliphatic rings. The van der Waals surface area contributed by atoms with E-state index >= 15 is 0 Å². The second-order valence-corrected chi connectivity index (χ2v) is 7.79. The second-order valence-electron chi connectivity index (χ2n) is 7.41. The van der Waals surface area contributed by atoms with Crippen molar-refractivity contribution in [2.75, 3.05) is 27.4 Å². The summed E-state index contributed by atoms with van der Waals surface area (Å²) in [7, 11) is 3.06. The van der Waals surface area contributed by atoms with E-state index in [-0.39, 0.29) is 12.1 Å². The Morgan fingerprint density at radius 2 is 1.97 bits per heavy atom. The number of thiocarbonyl (C=S) groups is 1. The molecule has 0 saturated carbocycles. The lowest BCUT2D eigenvalue weighted by atomic mass is 10.0. The maximum atomic E-state index is 12.2. The van der Waals surface area contributed by atoms with Crippen molar-refractivity contribution < 1.29 is 18.7 Å². The number of aromatic nitrogens is 1. The van der Waals surface area contributed by atoms with Crippen molar-refractivity contribution in [1.29, 1.82) is 0 Å². The average molecular weight is 452 g/mol. The summed E-state index contributed by atoms with van der Waals surface area (Å²) in [6.45, 7) is 1.35. The Bertz CT molecular complexity index is 1090. The van der Waals surface area contributed by atoms with E-state index in [4.69, 9.17) is 26.1 Å². The molecule has 1 aromatic carbocycles. The van der Waals surface area contributed by atoms with Crippen molar-refractivity contribution in [2.45, 2.75) is 18.5 Å². The van der Waals surface area contributed by atoms with Crippen molar-refractivity contribution in [3.05, 3.63) is 77.8 Å². The molecular weight excluding hydrogens is 426 g/mol. The van der Waals surface area contributed by atoms with E-state index in [2.05, 4.69) is 15.2 Å². The first-order valence-corrected chi connectivity index (χ1v) is 10.8. The van der Waals surface area contributed by atoms with Crippen LogP contribution in [0.5, 0.6) is 0 Å². The van der Waals surface area contributed by atoms with Gasteiger partial charge in [-0.05, 0) is 49.0 Å². The van der Waals surface area contributed by atoms with Crippen LogP contribution in [0.2, 0.25) is 0 Å². The van der Waals surface area contributed by atoms with E-state index in [1.807, 2.05) is 42.5 Å². The van der Waals surface area contributed by atoms with Gasteiger partial charge in [-0.15, -0.1) is 0 Å². The molecular formula is C24H25N3O4S. The molecule has 0 aliphatic carbocycles. The number of hydrogen-bond donors (Lipinski definition) is 1. The van der Waals surface area contributed by atoms with Crippen LogP contribution in [0, 0.1) is 0 Å². The highest BCUT2D eigenvalue weighted by molar-refractivity contribution is 7.80. The van der Waals surface area contributed by atoms with Gasteiger partial charge >= 0.3 is 5.97 Å². The first-order valence-electron chi connectivity index (χ1n) is 10.4. The fourth-order valence-electron chi connectivity index (χ4n) is 3.98. The zero-order valence-corrected chi connectivity index (χ0v) is 18.8. The summed E-state index contributed by atoms with van der Waals surface area (Å²) >= 11 is 5.66. The quantitative estimate of drug-likeness (QED) is 0.311. The summed E-state index contributed by atoms with van der Waals surface area (Å²) in [6.07, 6.45) is 2.59. The molecule has 0 bridgehead atoms. The minimum atomic E-state index is -0.408. The number of furan rings is 1. The zero-order chi connectivity index (χ0) is 22.5. The lowest BCUT2D eigenvalue weighted by Crippen LogP contribution is -2.31. The number of benzene rings is 1. The summed E-state index contributed by atoms with van der Waals surface area (Å²) in [6, 6.07) is 16.5. The predicted octanol–water partition coefficient (Wildman–Crippen LogP) is 4.14. The Morgan fingerprint density at radius 1 is 1.16 bits per heavy atom. The number of pyridine rings is 1. The first kappa shape index (κ1) is 22.0. The normalized spacial score (nSPS) is 17.9. The van der Waals surface area contributed by atoms with Gasteiger partial charge in [-0.25, -0.2) is 4.79 Å². The smallest absolute Gasteiger partial charge is 0.338 e. The molecule has 166 valence electrons. The summed E-state index contributed by atoms with van der Waals surface area (Å²) in [4.78, 5) is 18.9. The molecule has 1 aliphatic heterocycles. The molecule has 1 fully saturated rings. The molecule has 0 spiro atoms. The van der Waals surface area contributed by atoms with Crippen LogP contribution in [0.15, 0.2) is 65.2 Å². The van der Waals surface area contributed by atoms with Crippen LogP contribution >= 0.6 is 12.2 Å². The second kappa shape index (κ2) is 9.93. The van der Waals surface area contributed by atoms with Gasteiger partial charge in [-0.2, -0.15) is 0 Å². The number of hydrogen-bond acceptors (Lipinski definition) is 6. The number of carbonyl (C=O) groups excluding carboxylic acids is 1. The Hall–Kier alpha value is -3.23. The third-order valence-electron chi connectivity index (χ3n) is 5.46. The maximum absolute atomic E-state index is 12.2. The van der Waals surface area contributed by atoms with Crippen molar-refractivity contribution in [3.63, 3.8) is 0 Å². The molecule has 4 rings (SSSR count). The third kappa shape index (κ3) is 4.37. The van der Waals surface area contributed by atoms with E-state index in [1.54, 1.807) is 25.4 Å². The maximum Gasteiger partial charge on any atom is 0.338 e. The number of nitrogens with zero attached hydrogens (tertiary/aromatic N) is 2. The highest BCUT2D eigenvalue weighted by Crippen LogP contribution is 2.40. The Labute approximate surface area is 192 Å². The van der Waals surface area contributed by atoms with E-state index in [9.17, 15) is 4.79 Å². The first-order chi connectivity index (χ1) is 15.6. The Kier molecular flexibility index (Phi) is 6.82. The monoisotopic (exact) mass is 451 g/mol. The van der Waals surface area contributed by atoms with Gasteiger partial charge in [0.15, 0.2) is 5.11 Å². The standard InChI is InChI=1S/C24H25N3O4S/c1-29-15-7-14-27-22(21(26-24(27)32)18-10-5-6-13-25-18)20-12-11-19(31-20)16-8-3-4-9-17(16)23(28)30-2/h3-6,8-13,21-22H,7,14-15H2,1-2H3,(H,26,32)/t21-,22-/m0/s1. The number of nitrogens with one attached hydrogen (secondary N) is 1. The van der Waals surface area contributed by atoms with Gasteiger partial charge in [0.05, 0.1) is 24.4 Å². The van der Waals surface area contributed by atoms with Crippen LogP contribution < -0.4 is 5.32 Å². The van der Waals surface area contributed by atoms with Crippen LogP contribution in [0.25, 0.3) is 11.3 Å². The van der Waals surface area contributed by atoms with Gasteiger partial charge in [-0.3, -0.25) is 4.98 Å². The molecule has 1 saturated heterocycles. The van der Waals surface area contributed by atoms with Crippen molar-refractivity contribution in [2.24, 2.45) is 0 Å². The van der Waals surface area contributed by atoms with Crippen LogP contribution in [0.4, 0.5) is 0 Å². The fourth-order valence-corrected chi connectivity index (χ4v) is 4.31. The average Bonchev–Trinajstić information content (AvgIpc) is 3.44. The van der Waals surface area contributed by atoms with E-state index in [1.165, 1.54) is 7.11 Å². The van der Waals surface area contributed by atoms with Crippen LogP contribution in [-0.4, -0.2) is 48.3 Å². The number of carbonyl (C=O) groups is 1. The molecule has 3 aromatic rings. The SMILES string of the molecule is COCCCN1C(=S)N[C@@H](c2ccccn2)[C@@H]1c1ccc(-c2ccccc2C(=O)OC)o1. The van der Waals surface area contributed by atoms with E-state index in [0.29, 0.717) is 35.2 Å². The predicted molar refractivity (Wildman–Crippen MR) is 124 cm³/mol. The molecule has 32 heavy (non-hydrogen) atoms. The van der Waals surface area contributed by atoms with Crippen molar-refractivity contribution >= 4 is 23.3 Å². The fraction of sp³-hybridized carbons (Fsp3) is 0.292. The van der Waals surface area contributed by atoms with Gasteiger partial charge in [0, 0.05) is 32.0 Å². The van der Waals surface area contributed by atoms with Crippen LogP contribution in [0.3, 0.4) is 0 Å². The van der Waals surface area contributed by atoms with Crippen LogP contribution in [0.1, 0.15) is 40.3 Å². The summed E-state index contributed by atoms with van der Waals surface area (Å²) < 4.78 is 16.5. The third-order valence-corrected chi connectivity index (χ3v) is 5.81. The van der Waals surface area contributed by atoms with Crippen LogP contribution in [-0.2, 0) is 9.47 Å². The number of ether oxygens (including phenoxy) is 2. The lowest BCUT2D eigenvalue weighted by Gasteiger charge is -2.26. The molecule has 7 nitrogen and oxygen atoms in total. The topological polar surface area (TPSA) is 76.8 Å². The molecule has 0 amide bonds. The van der Waals surface area contributed by atoms with Crippen molar-refractivity contribution in [3.8, 4) is 11.3 Å². The highest BCUT2D eigenvalue weighted by Gasteiger charge is 2.41. The number of esters is 1. The summed E-state index contributed by atoms with van der Waals surface area (Å²) in [5.74, 6) is 0.922. The van der Waals surface area contributed by atoms with Gasteiger partial charge in [0.1, 0.15) is 17.6 Å². The molecule has 0 unspecified atom stereocenters. The minimum absolute atomic E-state index is 0.166. The van der Waals surface area contributed by atoms with Gasteiger partial charge in [0.25, 0.3) is 0 Å². The zero-order valence-electron chi connectivity index (χ0n) is 18.0. The molecule has 2 atom stereocenters. The summed E-state index contributed by atoms with van der Waals surface area (Å²) in [5.41, 5.74) is 2.01. The molecule has 0 radical (unpaired) electrons. The van der Waals surface area contributed by atoms with Gasteiger partial charge in [-0.1, -0.05) is 24.3 Å². The van der Waals surface area contributed by atoms with Gasteiger partial charge in [0.2, 0.25) is 0 Å². The lowest BCUT2D eigenvalue weighted by molar-refractivity contribution is 0.0601. The van der Waals surface area contributed by atoms with Gasteiger partial charge < -0.3 is 24.1 Å². The minimum Gasteiger partial charge on any atom is -0.465 e. The number of rotatable bonds is 8.